The predicted molar refractivity (Wildman–Crippen MR) is 128 cm³/mol. The van der Waals surface area contributed by atoms with Crippen molar-refractivity contribution in [1.29, 1.82) is 0 Å². The van der Waals surface area contributed by atoms with Gasteiger partial charge >= 0.3 is 12.1 Å². The van der Waals surface area contributed by atoms with Crippen LogP contribution in [0.1, 0.15) is 46.4 Å². The summed E-state index contributed by atoms with van der Waals surface area (Å²) in [5.41, 5.74) is 4.52. The van der Waals surface area contributed by atoms with Gasteiger partial charge in [0.1, 0.15) is 11.6 Å². The summed E-state index contributed by atoms with van der Waals surface area (Å²) in [6.45, 7) is 3.76. The van der Waals surface area contributed by atoms with E-state index >= 15 is 0 Å². The molecule has 2 unspecified atom stereocenters. The highest BCUT2D eigenvalue weighted by Gasteiger charge is 2.29. The van der Waals surface area contributed by atoms with Crippen LogP contribution in [0.25, 0.3) is 11.1 Å². The highest BCUT2D eigenvalue weighted by Crippen LogP contribution is 2.44. The van der Waals surface area contributed by atoms with Gasteiger partial charge < -0.3 is 20.5 Å². The molecule has 2 amide bonds. The van der Waals surface area contributed by atoms with Crippen LogP contribution in [0.3, 0.4) is 0 Å². The standard InChI is InChI=1S/C25H25N3O5S/c1-14(23(29)26-11-22-28-21(13-34-22)24(30)31)15(2)27-25(32)33-12-20-18-9-5-3-7-16(18)17-8-4-6-10-19(17)20/h3-10,13-15,20H,11-12H2,1-2H3,(H,26,29)(H,27,32)(H,30,31). The van der Waals surface area contributed by atoms with Crippen molar-refractivity contribution in [3.05, 3.63) is 75.7 Å². The molecule has 176 valence electrons. The summed E-state index contributed by atoms with van der Waals surface area (Å²) in [7, 11) is 0. The fourth-order valence-corrected chi connectivity index (χ4v) is 4.70. The Kier molecular flexibility index (Phi) is 6.93. The number of fused-ring (bicyclic) bond motifs is 3. The number of alkyl carbamates (subject to hydrolysis) is 1. The first-order chi connectivity index (χ1) is 16.3. The fourth-order valence-electron chi connectivity index (χ4n) is 3.99. The zero-order valence-corrected chi connectivity index (χ0v) is 19.6. The summed E-state index contributed by atoms with van der Waals surface area (Å²) in [5, 5.41) is 16.3. The van der Waals surface area contributed by atoms with E-state index in [0.29, 0.717) is 5.01 Å². The first-order valence-electron chi connectivity index (χ1n) is 10.9. The summed E-state index contributed by atoms with van der Waals surface area (Å²) < 4.78 is 5.55. The molecule has 2 atom stereocenters. The summed E-state index contributed by atoms with van der Waals surface area (Å²) in [4.78, 5) is 39.8. The number of carbonyl (C=O) groups excluding carboxylic acids is 2. The molecule has 3 N–H and O–H groups in total. The lowest BCUT2D eigenvalue weighted by atomic mass is 9.98. The molecule has 4 rings (SSSR count). The molecule has 0 radical (unpaired) electrons. The molecular weight excluding hydrogens is 454 g/mol. The van der Waals surface area contributed by atoms with Gasteiger partial charge in [0, 0.05) is 17.3 Å². The van der Waals surface area contributed by atoms with Crippen molar-refractivity contribution < 1.29 is 24.2 Å². The number of aromatic carboxylic acids is 1. The monoisotopic (exact) mass is 479 g/mol. The largest absolute Gasteiger partial charge is 0.476 e. The normalized spacial score (nSPS) is 13.9. The molecule has 34 heavy (non-hydrogen) atoms. The van der Waals surface area contributed by atoms with E-state index in [-0.39, 0.29) is 30.7 Å². The highest BCUT2D eigenvalue weighted by atomic mass is 32.1. The van der Waals surface area contributed by atoms with Crippen LogP contribution in [-0.2, 0) is 16.1 Å². The maximum absolute atomic E-state index is 12.5. The molecule has 3 aromatic rings. The molecule has 1 aliphatic rings. The Morgan fingerprint density at radius 3 is 2.26 bits per heavy atom. The van der Waals surface area contributed by atoms with E-state index < -0.39 is 24.0 Å². The molecule has 9 heteroatoms. The van der Waals surface area contributed by atoms with E-state index in [4.69, 9.17) is 9.84 Å². The van der Waals surface area contributed by atoms with Crippen LogP contribution < -0.4 is 10.6 Å². The summed E-state index contributed by atoms with van der Waals surface area (Å²) >= 11 is 1.16. The molecule has 0 saturated heterocycles. The number of hydrogen-bond donors (Lipinski definition) is 3. The average molecular weight is 480 g/mol. The van der Waals surface area contributed by atoms with Crippen molar-refractivity contribution in [2.75, 3.05) is 6.61 Å². The number of rotatable bonds is 8. The number of aromatic nitrogens is 1. The lowest BCUT2D eigenvalue weighted by Gasteiger charge is -2.21. The van der Waals surface area contributed by atoms with Gasteiger partial charge in [-0.15, -0.1) is 11.3 Å². The minimum atomic E-state index is -1.11. The second kappa shape index (κ2) is 10.0. The van der Waals surface area contributed by atoms with Crippen LogP contribution in [0.2, 0.25) is 0 Å². The van der Waals surface area contributed by atoms with Crippen molar-refractivity contribution in [1.82, 2.24) is 15.6 Å². The van der Waals surface area contributed by atoms with Crippen LogP contribution in [-0.4, -0.2) is 40.7 Å². The quantitative estimate of drug-likeness (QED) is 0.449. The third-order valence-electron chi connectivity index (χ3n) is 6.04. The summed E-state index contributed by atoms with van der Waals surface area (Å²) in [6.07, 6.45) is -0.583. The van der Waals surface area contributed by atoms with Crippen LogP contribution >= 0.6 is 11.3 Å². The number of hydrogen-bond acceptors (Lipinski definition) is 6. The van der Waals surface area contributed by atoms with Gasteiger partial charge in [-0.3, -0.25) is 4.79 Å². The first-order valence-corrected chi connectivity index (χ1v) is 11.8. The third kappa shape index (κ3) is 4.94. The number of carboxylic acids is 1. The van der Waals surface area contributed by atoms with Gasteiger partial charge in [0.15, 0.2) is 5.69 Å². The number of ether oxygens (including phenoxy) is 1. The van der Waals surface area contributed by atoms with Gasteiger partial charge in [0.2, 0.25) is 5.91 Å². The maximum atomic E-state index is 12.5. The van der Waals surface area contributed by atoms with Gasteiger partial charge in [-0.05, 0) is 29.2 Å². The van der Waals surface area contributed by atoms with E-state index in [9.17, 15) is 14.4 Å². The van der Waals surface area contributed by atoms with Gasteiger partial charge in [0.05, 0.1) is 12.5 Å². The third-order valence-corrected chi connectivity index (χ3v) is 6.89. The van der Waals surface area contributed by atoms with E-state index in [2.05, 4.69) is 39.9 Å². The Labute approximate surface area is 201 Å². The molecule has 1 aliphatic carbocycles. The van der Waals surface area contributed by atoms with E-state index in [1.807, 2.05) is 24.3 Å². The Morgan fingerprint density at radius 2 is 1.68 bits per heavy atom. The van der Waals surface area contributed by atoms with Crippen molar-refractivity contribution in [3.63, 3.8) is 0 Å². The Balaban J connectivity index is 1.29. The Morgan fingerprint density at radius 1 is 1.06 bits per heavy atom. The van der Waals surface area contributed by atoms with Gasteiger partial charge in [-0.1, -0.05) is 55.5 Å². The number of amides is 2. The maximum Gasteiger partial charge on any atom is 0.407 e. The lowest BCUT2D eigenvalue weighted by Crippen LogP contribution is -2.44. The van der Waals surface area contributed by atoms with E-state index in [1.54, 1.807) is 13.8 Å². The number of carboxylic acid groups (broad SMARTS) is 1. The summed E-state index contributed by atoms with van der Waals surface area (Å²) in [5.74, 6) is -1.95. The van der Waals surface area contributed by atoms with Crippen molar-refractivity contribution >= 4 is 29.3 Å². The Bertz CT molecular complexity index is 1180. The van der Waals surface area contributed by atoms with Crippen LogP contribution in [0.15, 0.2) is 53.9 Å². The molecular formula is C25H25N3O5S. The molecule has 1 aromatic heterocycles. The van der Waals surface area contributed by atoms with Crippen LogP contribution in [0, 0.1) is 5.92 Å². The van der Waals surface area contributed by atoms with E-state index in [1.165, 1.54) is 5.38 Å². The predicted octanol–water partition coefficient (Wildman–Crippen LogP) is 4.02. The van der Waals surface area contributed by atoms with E-state index in [0.717, 1.165) is 33.6 Å². The molecule has 0 bridgehead atoms. The minimum absolute atomic E-state index is 0.0387. The van der Waals surface area contributed by atoms with Crippen molar-refractivity contribution in [2.45, 2.75) is 32.4 Å². The van der Waals surface area contributed by atoms with Gasteiger partial charge in [-0.25, -0.2) is 14.6 Å². The zero-order chi connectivity index (χ0) is 24.2. The highest BCUT2D eigenvalue weighted by molar-refractivity contribution is 7.09. The molecule has 0 spiro atoms. The minimum Gasteiger partial charge on any atom is -0.476 e. The molecule has 1 heterocycles. The number of carbonyl (C=O) groups is 3. The lowest BCUT2D eigenvalue weighted by molar-refractivity contribution is -0.125. The van der Waals surface area contributed by atoms with Crippen LogP contribution in [0.4, 0.5) is 4.79 Å². The van der Waals surface area contributed by atoms with Crippen LogP contribution in [0.5, 0.6) is 0 Å². The number of nitrogens with zero attached hydrogens (tertiary/aromatic N) is 1. The zero-order valence-electron chi connectivity index (χ0n) is 18.8. The van der Waals surface area contributed by atoms with Gasteiger partial charge in [-0.2, -0.15) is 0 Å². The number of benzene rings is 2. The first kappa shape index (κ1) is 23.4. The second-order valence-corrected chi connectivity index (χ2v) is 9.14. The smallest absolute Gasteiger partial charge is 0.407 e. The fraction of sp³-hybridized carbons (Fsp3) is 0.280. The molecule has 0 saturated carbocycles. The average Bonchev–Trinajstić information content (AvgIpc) is 3.44. The molecule has 0 aliphatic heterocycles. The van der Waals surface area contributed by atoms with Crippen molar-refractivity contribution in [2.24, 2.45) is 5.92 Å². The number of nitrogens with one attached hydrogen (secondary N) is 2. The summed E-state index contributed by atoms with van der Waals surface area (Å²) in [6, 6.07) is 15.7. The van der Waals surface area contributed by atoms with Crippen molar-refractivity contribution in [3.8, 4) is 11.1 Å². The molecule has 0 fully saturated rings. The molecule has 2 aromatic carbocycles. The topological polar surface area (TPSA) is 118 Å². The SMILES string of the molecule is CC(NC(=O)OCC1c2ccccc2-c2ccccc21)C(C)C(=O)NCc1nc(C(=O)O)cs1. The Hall–Kier alpha value is -3.72. The van der Waals surface area contributed by atoms with Gasteiger partial charge in [0.25, 0.3) is 0 Å². The second-order valence-electron chi connectivity index (χ2n) is 8.20. The number of thiazole rings is 1. The molecule has 8 nitrogen and oxygen atoms in total.